The first-order valence-corrected chi connectivity index (χ1v) is 5.29. The van der Waals surface area contributed by atoms with Crippen LogP contribution in [0.3, 0.4) is 0 Å². The van der Waals surface area contributed by atoms with Crippen molar-refractivity contribution in [1.82, 2.24) is 9.97 Å². The normalized spacial score (nSPS) is 10.6. The van der Waals surface area contributed by atoms with Crippen LogP contribution in [0.25, 0.3) is 10.2 Å². The van der Waals surface area contributed by atoms with Crippen molar-refractivity contribution in [2.45, 2.75) is 6.92 Å². The van der Waals surface area contributed by atoms with Gasteiger partial charge >= 0.3 is 5.97 Å². The molecule has 16 heavy (non-hydrogen) atoms. The molecule has 0 aliphatic carbocycles. The Kier molecular flexibility index (Phi) is 2.97. The molecule has 2 aromatic rings. The van der Waals surface area contributed by atoms with Crippen molar-refractivity contribution in [2.75, 3.05) is 12.1 Å². The third-order valence-electron chi connectivity index (χ3n) is 1.82. The number of aryl methyl sites for hydroxylation is 1. The number of hydrogen-bond donors (Lipinski definition) is 2. The van der Waals surface area contributed by atoms with E-state index in [1.165, 1.54) is 6.33 Å². The molecule has 0 atom stereocenters. The topological polar surface area (TPSA) is 84.3 Å². The van der Waals surface area contributed by atoms with Gasteiger partial charge in [-0.15, -0.1) is 11.3 Å². The summed E-state index contributed by atoms with van der Waals surface area (Å²) in [7, 11) is 0. The molecule has 2 heterocycles. The maximum Gasteiger partial charge on any atom is 0.332 e. The van der Waals surface area contributed by atoms with Crippen LogP contribution in [0.15, 0.2) is 12.4 Å². The molecule has 0 amide bonds. The van der Waals surface area contributed by atoms with E-state index in [4.69, 9.17) is 9.94 Å². The fourth-order valence-electron chi connectivity index (χ4n) is 1.22. The highest BCUT2D eigenvalue weighted by Crippen LogP contribution is 2.27. The zero-order valence-corrected chi connectivity index (χ0v) is 9.24. The Bertz CT molecular complexity index is 526. The third-order valence-corrected chi connectivity index (χ3v) is 2.78. The molecule has 2 aromatic heterocycles. The maximum atomic E-state index is 10.3. The Morgan fingerprint density at radius 1 is 1.62 bits per heavy atom. The summed E-state index contributed by atoms with van der Waals surface area (Å²) in [6.45, 7) is 1.54. The summed E-state index contributed by atoms with van der Waals surface area (Å²) in [5.41, 5.74) is 2.51. The second-order valence-electron chi connectivity index (χ2n) is 3.08. The molecule has 0 radical (unpaired) electrons. The Labute approximate surface area is 94.9 Å². The Balaban J connectivity index is 2.20. The highest BCUT2D eigenvalue weighted by molar-refractivity contribution is 7.18. The molecule has 0 unspecified atom stereocenters. The third kappa shape index (κ3) is 2.26. The summed E-state index contributed by atoms with van der Waals surface area (Å²) in [6, 6.07) is 1.92. The largest absolute Gasteiger partial charge is 0.479 e. The SMILES string of the molecule is Cc1cc2c(NOCC(=O)O)ncnc2s1. The lowest BCUT2D eigenvalue weighted by atomic mass is 10.3. The van der Waals surface area contributed by atoms with Crippen LogP contribution in [-0.2, 0) is 9.63 Å². The minimum absolute atomic E-state index is 0.422. The summed E-state index contributed by atoms with van der Waals surface area (Å²) in [6.07, 6.45) is 1.41. The van der Waals surface area contributed by atoms with Crippen LogP contribution >= 0.6 is 11.3 Å². The second kappa shape index (κ2) is 4.42. The molecule has 7 heteroatoms. The molecule has 0 bridgehead atoms. The first-order valence-electron chi connectivity index (χ1n) is 4.47. The molecule has 0 aliphatic rings. The molecule has 84 valence electrons. The number of hydrogen-bond acceptors (Lipinski definition) is 6. The number of aliphatic carboxylic acids is 1. The molecule has 0 aromatic carbocycles. The van der Waals surface area contributed by atoms with Crippen LogP contribution in [0.2, 0.25) is 0 Å². The van der Waals surface area contributed by atoms with Gasteiger partial charge in [0, 0.05) is 4.88 Å². The van der Waals surface area contributed by atoms with E-state index in [2.05, 4.69) is 15.4 Å². The smallest absolute Gasteiger partial charge is 0.332 e. The van der Waals surface area contributed by atoms with Crippen molar-refractivity contribution in [3.05, 3.63) is 17.3 Å². The summed E-state index contributed by atoms with van der Waals surface area (Å²) >= 11 is 1.54. The molecular weight excluding hydrogens is 230 g/mol. The number of carboxylic acid groups (broad SMARTS) is 1. The van der Waals surface area contributed by atoms with E-state index in [0.29, 0.717) is 5.82 Å². The Hall–Kier alpha value is -1.73. The number of anilines is 1. The molecule has 6 nitrogen and oxygen atoms in total. The predicted molar refractivity (Wildman–Crippen MR) is 59.4 cm³/mol. The Morgan fingerprint density at radius 3 is 3.19 bits per heavy atom. The van der Waals surface area contributed by atoms with Gasteiger partial charge in [-0.3, -0.25) is 4.84 Å². The quantitative estimate of drug-likeness (QED) is 0.785. The number of carbonyl (C=O) groups is 1. The van der Waals surface area contributed by atoms with E-state index < -0.39 is 12.6 Å². The van der Waals surface area contributed by atoms with Gasteiger partial charge in [0.2, 0.25) is 0 Å². The average molecular weight is 239 g/mol. The monoisotopic (exact) mass is 239 g/mol. The van der Waals surface area contributed by atoms with Crippen molar-refractivity contribution in [3.63, 3.8) is 0 Å². The van der Waals surface area contributed by atoms with Crippen LogP contribution in [0, 0.1) is 6.92 Å². The van der Waals surface area contributed by atoms with Gasteiger partial charge in [0.1, 0.15) is 11.2 Å². The number of carboxylic acids is 1. The maximum absolute atomic E-state index is 10.3. The van der Waals surface area contributed by atoms with Crippen molar-refractivity contribution in [3.8, 4) is 0 Å². The number of aromatic nitrogens is 2. The van der Waals surface area contributed by atoms with E-state index in [1.807, 2.05) is 13.0 Å². The summed E-state index contributed by atoms with van der Waals surface area (Å²) in [4.78, 5) is 25.1. The molecule has 2 rings (SSSR count). The van der Waals surface area contributed by atoms with Crippen molar-refractivity contribution in [2.24, 2.45) is 0 Å². The van der Waals surface area contributed by atoms with Crippen LogP contribution in [0.4, 0.5) is 5.82 Å². The summed E-state index contributed by atoms with van der Waals surface area (Å²) in [5.74, 6) is -0.560. The van der Waals surface area contributed by atoms with Crippen molar-refractivity contribution < 1.29 is 14.7 Å². The van der Waals surface area contributed by atoms with Gasteiger partial charge in [-0.05, 0) is 13.0 Å². The fourth-order valence-corrected chi connectivity index (χ4v) is 2.07. The van der Waals surface area contributed by atoms with Gasteiger partial charge in [-0.1, -0.05) is 0 Å². The minimum atomic E-state index is -1.04. The van der Waals surface area contributed by atoms with Crippen LogP contribution in [0.5, 0.6) is 0 Å². The van der Waals surface area contributed by atoms with E-state index in [-0.39, 0.29) is 0 Å². The van der Waals surface area contributed by atoms with Gasteiger partial charge in [-0.2, -0.15) is 0 Å². The van der Waals surface area contributed by atoms with E-state index in [9.17, 15) is 4.79 Å². The van der Waals surface area contributed by atoms with Gasteiger partial charge < -0.3 is 5.11 Å². The minimum Gasteiger partial charge on any atom is -0.479 e. The predicted octanol–water partition coefficient (Wildman–Crippen LogP) is 1.43. The Morgan fingerprint density at radius 2 is 2.44 bits per heavy atom. The van der Waals surface area contributed by atoms with E-state index in [1.54, 1.807) is 11.3 Å². The first-order chi connectivity index (χ1) is 7.66. The van der Waals surface area contributed by atoms with Gasteiger partial charge in [0.15, 0.2) is 12.4 Å². The molecule has 0 saturated carbocycles. The molecule has 2 N–H and O–H groups in total. The highest BCUT2D eigenvalue weighted by Gasteiger charge is 2.07. The second-order valence-corrected chi connectivity index (χ2v) is 4.32. The lowest BCUT2D eigenvalue weighted by molar-refractivity contribution is -0.141. The number of rotatable bonds is 4. The number of fused-ring (bicyclic) bond motifs is 1. The summed E-state index contributed by atoms with van der Waals surface area (Å²) in [5, 5.41) is 9.24. The van der Waals surface area contributed by atoms with E-state index >= 15 is 0 Å². The van der Waals surface area contributed by atoms with E-state index in [0.717, 1.165) is 15.1 Å². The summed E-state index contributed by atoms with van der Waals surface area (Å²) < 4.78 is 0. The average Bonchev–Trinajstić information content (AvgIpc) is 2.58. The van der Waals surface area contributed by atoms with Gasteiger partial charge in [0.05, 0.1) is 5.39 Å². The van der Waals surface area contributed by atoms with Crippen molar-refractivity contribution in [1.29, 1.82) is 0 Å². The fraction of sp³-hybridized carbons (Fsp3) is 0.222. The lowest BCUT2D eigenvalue weighted by Gasteiger charge is -2.04. The molecule has 0 saturated heterocycles. The molecule has 0 fully saturated rings. The standard InChI is InChI=1S/C9H9N3O3S/c1-5-2-6-8(12-15-3-7(13)14)10-4-11-9(6)16-5/h2,4H,3H2,1H3,(H,13,14)(H,10,11,12). The van der Waals surface area contributed by atoms with Crippen LogP contribution < -0.4 is 5.48 Å². The van der Waals surface area contributed by atoms with Gasteiger partial charge in [0.25, 0.3) is 0 Å². The van der Waals surface area contributed by atoms with Crippen molar-refractivity contribution >= 4 is 33.3 Å². The zero-order valence-electron chi connectivity index (χ0n) is 8.43. The zero-order chi connectivity index (χ0) is 11.5. The van der Waals surface area contributed by atoms with Crippen LogP contribution in [0.1, 0.15) is 4.88 Å². The number of thiophene rings is 1. The lowest BCUT2D eigenvalue weighted by Crippen LogP contribution is -2.12. The number of nitrogens with one attached hydrogen (secondary N) is 1. The molecule has 0 aliphatic heterocycles. The highest BCUT2D eigenvalue weighted by atomic mass is 32.1. The molecule has 0 spiro atoms. The first kappa shape index (κ1) is 10.8. The molecular formula is C9H9N3O3S. The number of nitrogens with zero attached hydrogens (tertiary/aromatic N) is 2. The van der Waals surface area contributed by atoms with Gasteiger partial charge in [-0.25, -0.2) is 20.2 Å². The van der Waals surface area contributed by atoms with Crippen LogP contribution in [-0.4, -0.2) is 27.7 Å².